The molecule has 0 aliphatic heterocycles. The van der Waals surface area contributed by atoms with Crippen molar-refractivity contribution in [3.63, 3.8) is 0 Å². The molecule has 30 heavy (non-hydrogen) atoms. The average Bonchev–Trinajstić information content (AvgIpc) is 2.75. The van der Waals surface area contributed by atoms with E-state index in [0.717, 1.165) is 29.5 Å². The topological polar surface area (TPSA) is 38.7 Å². The van der Waals surface area contributed by atoms with Crippen LogP contribution in [-0.4, -0.2) is 18.6 Å². The van der Waals surface area contributed by atoms with E-state index >= 15 is 0 Å². The van der Waals surface area contributed by atoms with Gasteiger partial charge in [0.2, 0.25) is 0 Å². The highest BCUT2D eigenvalue weighted by atomic mass is 35.5. The minimum absolute atomic E-state index is 0.125. The Balaban J connectivity index is 1.76. The van der Waals surface area contributed by atoms with Crippen molar-refractivity contribution in [2.45, 2.75) is 33.1 Å². The molecule has 0 saturated heterocycles. The molecule has 1 atom stereocenters. The summed E-state index contributed by atoms with van der Waals surface area (Å²) < 4.78 is 0. The molecule has 0 aliphatic carbocycles. The summed E-state index contributed by atoms with van der Waals surface area (Å²) in [6.07, 6.45) is 1.67. The Morgan fingerprint density at radius 2 is 1.80 bits per heavy atom. The normalized spacial score (nSPS) is 12.5. The number of aryl methyl sites for hydroxylation is 2. The Morgan fingerprint density at radius 1 is 1.03 bits per heavy atom. The van der Waals surface area contributed by atoms with Gasteiger partial charge in [-0.3, -0.25) is 4.79 Å². The van der Waals surface area contributed by atoms with Crippen molar-refractivity contribution in [1.82, 2.24) is 0 Å². The molecule has 1 unspecified atom stereocenters. The third kappa shape index (κ3) is 5.80. The molecule has 0 aliphatic rings. The number of halogens is 1. The van der Waals surface area contributed by atoms with Crippen molar-refractivity contribution in [2.24, 2.45) is 5.16 Å². The SMILES string of the molecule is CC(=NOCC(Cc1ccc(C)c(C)c1)c1cccc(Cl)c1)c1ccc(C=O)cc1. The van der Waals surface area contributed by atoms with Gasteiger partial charge < -0.3 is 4.84 Å². The number of carbonyl (C=O) groups excluding carboxylic acids is 1. The summed E-state index contributed by atoms with van der Waals surface area (Å²) >= 11 is 6.23. The molecule has 3 rings (SSSR count). The van der Waals surface area contributed by atoms with Crippen LogP contribution in [0.5, 0.6) is 0 Å². The first-order chi connectivity index (χ1) is 14.5. The van der Waals surface area contributed by atoms with Gasteiger partial charge in [-0.05, 0) is 67.1 Å². The lowest BCUT2D eigenvalue weighted by Gasteiger charge is -2.18. The van der Waals surface area contributed by atoms with Gasteiger partial charge in [-0.25, -0.2) is 0 Å². The number of aldehydes is 1. The second-order valence-corrected chi connectivity index (χ2v) is 8.02. The molecule has 0 saturated carbocycles. The van der Waals surface area contributed by atoms with Crippen molar-refractivity contribution in [2.75, 3.05) is 6.61 Å². The van der Waals surface area contributed by atoms with Crippen LogP contribution in [-0.2, 0) is 11.3 Å². The van der Waals surface area contributed by atoms with E-state index < -0.39 is 0 Å². The minimum Gasteiger partial charge on any atom is -0.395 e. The van der Waals surface area contributed by atoms with Gasteiger partial charge in [-0.15, -0.1) is 0 Å². The van der Waals surface area contributed by atoms with Gasteiger partial charge in [-0.2, -0.15) is 0 Å². The maximum Gasteiger partial charge on any atom is 0.150 e. The summed E-state index contributed by atoms with van der Waals surface area (Å²) in [7, 11) is 0. The Hall–Kier alpha value is -2.91. The minimum atomic E-state index is 0.125. The summed E-state index contributed by atoms with van der Waals surface area (Å²) in [6.45, 7) is 6.59. The van der Waals surface area contributed by atoms with Crippen molar-refractivity contribution < 1.29 is 9.63 Å². The van der Waals surface area contributed by atoms with E-state index in [1.165, 1.54) is 16.7 Å². The Bertz CT molecular complexity index is 1040. The summed E-state index contributed by atoms with van der Waals surface area (Å²) in [4.78, 5) is 16.6. The zero-order valence-corrected chi connectivity index (χ0v) is 18.3. The molecule has 0 fully saturated rings. The summed E-state index contributed by atoms with van der Waals surface area (Å²) in [5.74, 6) is 0.125. The van der Waals surface area contributed by atoms with Crippen LogP contribution in [0.1, 0.15) is 51.0 Å². The van der Waals surface area contributed by atoms with Crippen molar-refractivity contribution in [1.29, 1.82) is 0 Å². The van der Waals surface area contributed by atoms with Gasteiger partial charge >= 0.3 is 0 Å². The largest absolute Gasteiger partial charge is 0.395 e. The summed E-state index contributed by atoms with van der Waals surface area (Å²) in [5.41, 5.74) is 7.29. The highest BCUT2D eigenvalue weighted by Gasteiger charge is 2.15. The van der Waals surface area contributed by atoms with Crippen molar-refractivity contribution >= 4 is 23.6 Å². The van der Waals surface area contributed by atoms with Gasteiger partial charge in [0.05, 0.1) is 5.71 Å². The van der Waals surface area contributed by atoms with Crippen LogP contribution < -0.4 is 0 Å². The van der Waals surface area contributed by atoms with Crippen molar-refractivity contribution in [3.8, 4) is 0 Å². The average molecular weight is 420 g/mol. The fourth-order valence-corrected chi connectivity index (χ4v) is 3.53. The zero-order chi connectivity index (χ0) is 21.5. The molecule has 0 heterocycles. The highest BCUT2D eigenvalue weighted by molar-refractivity contribution is 6.30. The van der Waals surface area contributed by atoms with E-state index in [4.69, 9.17) is 16.4 Å². The lowest BCUT2D eigenvalue weighted by molar-refractivity contribution is 0.112. The van der Waals surface area contributed by atoms with Gasteiger partial charge in [0.15, 0.2) is 0 Å². The molecular weight excluding hydrogens is 394 g/mol. The van der Waals surface area contributed by atoms with E-state index in [1.807, 2.05) is 37.3 Å². The molecule has 0 bridgehead atoms. The summed E-state index contributed by atoms with van der Waals surface area (Å²) in [6, 6.07) is 21.8. The Morgan fingerprint density at radius 3 is 2.47 bits per heavy atom. The number of hydrogen-bond acceptors (Lipinski definition) is 3. The fourth-order valence-electron chi connectivity index (χ4n) is 3.33. The maximum atomic E-state index is 10.8. The smallest absolute Gasteiger partial charge is 0.150 e. The molecule has 3 aromatic carbocycles. The zero-order valence-electron chi connectivity index (χ0n) is 17.6. The summed E-state index contributed by atoms with van der Waals surface area (Å²) in [5, 5.41) is 5.02. The van der Waals surface area contributed by atoms with E-state index in [0.29, 0.717) is 17.2 Å². The van der Waals surface area contributed by atoms with Gasteiger partial charge in [0, 0.05) is 16.5 Å². The van der Waals surface area contributed by atoms with Crippen molar-refractivity contribution in [3.05, 3.63) is 105 Å². The monoisotopic (exact) mass is 419 g/mol. The van der Waals surface area contributed by atoms with E-state index in [2.05, 4.69) is 43.3 Å². The number of oxime groups is 1. The predicted molar refractivity (Wildman–Crippen MR) is 124 cm³/mol. The molecule has 0 amide bonds. The second-order valence-electron chi connectivity index (χ2n) is 7.59. The van der Waals surface area contributed by atoms with Crippen LogP contribution in [0.15, 0.2) is 71.9 Å². The third-order valence-electron chi connectivity index (χ3n) is 5.32. The lowest BCUT2D eigenvalue weighted by atomic mass is 9.91. The van der Waals surface area contributed by atoms with Crippen LogP contribution in [0.2, 0.25) is 5.02 Å². The lowest BCUT2D eigenvalue weighted by Crippen LogP contribution is -2.11. The van der Waals surface area contributed by atoms with Crippen LogP contribution in [0.4, 0.5) is 0 Å². The van der Waals surface area contributed by atoms with Gasteiger partial charge in [-0.1, -0.05) is 71.4 Å². The number of carbonyl (C=O) groups is 1. The number of benzene rings is 3. The van der Waals surface area contributed by atoms with Crippen LogP contribution >= 0.6 is 11.6 Å². The molecule has 3 nitrogen and oxygen atoms in total. The van der Waals surface area contributed by atoms with Crippen LogP contribution in [0.25, 0.3) is 0 Å². The standard InChI is InChI=1S/C26H26ClNO2/c1-18-7-8-22(13-19(18)2)14-25(24-5-4-6-26(27)15-24)17-30-28-20(3)23-11-9-21(16-29)10-12-23/h4-13,15-16,25H,14,17H2,1-3H3. The first kappa shape index (κ1) is 21.8. The molecule has 0 spiro atoms. The highest BCUT2D eigenvalue weighted by Crippen LogP contribution is 2.25. The van der Waals surface area contributed by atoms with Gasteiger partial charge in [0.25, 0.3) is 0 Å². The Labute approximate surface area is 183 Å². The number of hydrogen-bond donors (Lipinski definition) is 0. The quantitative estimate of drug-likeness (QED) is 0.236. The fraction of sp³-hybridized carbons (Fsp3) is 0.231. The van der Waals surface area contributed by atoms with Crippen LogP contribution in [0, 0.1) is 13.8 Å². The molecule has 3 aromatic rings. The molecule has 0 aromatic heterocycles. The molecule has 0 N–H and O–H groups in total. The molecule has 4 heteroatoms. The second kappa shape index (κ2) is 10.2. The predicted octanol–water partition coefficient (Wildman–Crippen LogP) is 6.54. The molecular formula is C26H26ClNO2. The Kier molecular flexibility index (Phi) is 7.42. The maximum absolute atomic E-state index is 10.8. The van der Waals surface area contributed by atoms with E-state index in [1.54, 1.807) is 12.1 Å². The first-order valence-corrected chi connectivity index (χ1v) is 10.4. The number of rotatable bonds is 8. The van der Waals surface area contributed by atoms with Crippen LogP contribution in [0.3, 0.4) is 0 Å². The van der Waals surface area contributed by atoms with E-state index in [9.17, 15) is 4.79 Å². The van der Waals surface area contributed by atoms with Gasteiger partial charge in [0.1, 0.15) is 12.9 Å². The molecule has 154 valence electrons. The number of nitrogens with zero attached hydrogens (tertiary/aromatic N) is 1. The first-order valence-electron chi connectivity index (χ1n) is 10.00. The third-order valence-corrected chi connectivity index (χ3v) is 5.55. The molecule has 0 radical (unpaired) electrons. The van der Waals surface area contributed by atoms with E-state index in [-0.39, 0.29) is 5.92 Å².